The standard InChI is InChI=1S/C5H13NO4S.C4H6O2/c1-5(6(2)3)10-11(7,8)9-4;1-3(2)4(5)6/h5H,1-4H3;1H2,2H3,(H,5,6). The minimum atomic E-state index is -3.81. The van der Waals surface area contributed by atoms with Gasteiger partial charge in [-0.1, -0.05) is 6.58 Å². The lowest BCUT2D eigenvalue weighted by atomic mass is 10.4. The van der Waals surface area contributed by atoms with E-state index in [1.807, 2.05) is 0 Å². The SMILES string of the molecule is C=C(C)C(=O)O.COS(=O)(=O)OC(C)N(C)C. The molecule has 0 saturated heterocycles. The summed E-state index contributed by atoms with van der Waals surface area (Å²) in [5.74, 6) is -0.935. The van der Waals surface area contributed by atoms with Crippen LogP contribution in [0.3, 0.4) is 0 Å². The van der Waals surface area contributed by atoms with Crippen molar-refractivity contribution in [2.75, 3.05) is 21.2 Å². The highest BCUT2D eigenvalue weighted by molar-refractivity contribution is 7.81. The quantitative estimate of drug-likeness (QED) is 0.572. The number of carbonyl (C=O) groups is 1. The first-order valence-electron chi connectivity index (χ1n) is 4.57. The van der Waals surface area contributed by atoms with Gasteiger partial charge >= 0.3 is 16.4 Å². The van der Waals surface area contributed by atoms with E-state index in [0.717, 1.165) is 7.11 Å². The maximum Gasteiger partial charge on any atom is 0.401 e. The molecule has 1 atom stereocenters. The topological polar surface area (TPSA) is 93.1 Å². The van der Waals surface area contributed by atoms with Crippen molar-refractivity contribution in [2.45, 2.75) is 20.1 Å². The highest BCUT2D eigenvalue weighted by Crippen LogP contribution is 2.01. The van der Waals surface area contributed by atoms with E-state index in [-0.39, 0.29) is 5.57 Å². The molecule has 0 aliphatic rings. The van der Waals surface area contributed by atoms with Gasteiger partial charge in [0.25, 0.3) is 0 Å². The lowest BCUT2D eigenvalue weighted by Crippen LogP contribution is -2.30. The number of carboxylic acids is 1. The van der Waals surface area contributed by atoms with Gasteiger partial charge in [0.15, 0.2) is 0 Å². The molecule has 0 aromatic carbocycles. The Morgan fingerprint density at radius 3 is 1.94 bits per heavy atom. The average molecular weight is 269 g/mol. The fraction of sp³-hybridized carbons (Fsp3) is 0.667. The molecule has 0 saturated carbocycles. The van der Waals surface area contributed by atoms with E-state index >= 15 is 0 Å². The Labute approximate surface area is 102 Å². The van der Waals surface area contributed by atoms with Crippen LogP contribution in [-0.2, 0) is 23.6 Å². The third-order valence-corrected chi connectivity index (χ3v) is 2.48. The summed E-state index contributed by atoms with van der Waals surface area (Å²) in [5.41, 5.74) is 0.176. The van der Waals surface area contributed by atoms with Crippen molar-refractivity contribution in [3.05, 3.63) is 12.2 Å². The van der Waals surface area contributed by atoms with Gasteiger partial charge in [-0.3, -0.25) is 9.08 Å². The summed E-state index contributed by atoms with van der Waals surface area (Å²) in [6.45, 7) is 6.21. The van der Waals surface area contributed by atoms with Crippen LogP contribution in [0.2, 0.25) is 0 Å². The summed E-state index contributed by atoms with van der Waals surface area (Å²) < 4.78 is 29.9. The smallest absolute Gasteiger partial charge is 0.401 e. The van der Waals surface area contributed by atoms with Gasteiger partial charge in [-0.05, 0) is 27.9 Å². The van der Waals surface area contributed by atoms with E-state index in [0.29, 0.717) is 0 Å². The highest BCUT2D eigenvalue weighted by atomic mass is 32.3. The van der Waals surface area contributed by atoms with Gasteiger partial charge in [0.05, 0.1) is 7.11 Å². The lowest BCUT2D eigenvalue weighted by molar-refractivity contribution is -0.132. The molecule has 8 heteroatoms. The van der Waals surface area contributed by atoms with Gasteiger partial charge in [0.2, 0.25) is 0 Å². The van der Waals surface area contributed by atoms with Gasteiger partial charge in [-0.15, -0.1) is 0 Å². The van der Waals surface area contributed by atoms with Gasteiger partial charge < -0.3 is 5.11 Å². The molecule has 0 amide bonds. The van der Waals surface area contributed by atoms with Crippen molar-refractivity contribution < 1.29 is 26.7 Å². The molecular formula is C9H19NO6S. The van der Waals surface area contributed by atoms with Crippen LogP contribution < -0.4 is 0 Å². The van der Waals surface area contributed by atoms with E-state index in [2.05, 4.69) is 14.9 Å². The molecule has 0 aliphatic heterocycles. The Morgan fingerprint density at radius 1 is 1.41 bits per heavy atom. The second-order valence-electron chi connectivity index (χ2n) is 3.32. The molecule has 0 radical (unpaired) electrons. The molecule has 0 heterocycles. The molecule has 1 unspecified atom stereocenters. The predicted molar refractivity (Wildman–Crippen MR) is 62.6 cm³/mol. The Morgan fingerprint density at radius 2 is 1.76 bits per heavy atom. The van der Waals surface area contributed by atoms with Gasteiger partial charge in [0, 0.05) is 5.57 Å². The number of aliphatic carboxylic acids is 1. The zero-order valence-electron chi connectivity index (χ0n) is 10.6. The first kappa shape index (κ1) is 18.4. The number of hydrogen-bond donors (Lipinski definition) is 1. The number of hydrogen-bond acceptors (Lipinski definition) is 6. The first-order chi connectivity index (χ1) is 7.53. The Hall–Kier alpha value is -0.960. The minimum Gasteiger partial charge on any atom is -0.478 e. The fourth-order valence-electron chi connectivity index (χ4n) is 0.296. The third-order valence-electron chi connectivity index (χ3n) is 1.55. The van der Waals surface area contributed by atoms with Crippen LogP contribution in [0, 0.1) is 0 Å². The third kappa shape index (κ3) is 11.3. The second kappa shape index (κ2) is 8.18. The molecular weight excluding hydrogens is 250 g/mol. The van der Waals surface area contributed by atoms with Crippen LogP contribution in [0.25, 0.3) is 0 Å². The molecule has 17 heavy (non-hydrogen) atoms. The molecule has 0 rings (SSSR count). The molecule has 7 nitrogen and oxygen atoms in total. The summed E-state index contributed by atoms with van der Waals surface area (Å²) >= 11 is 0. The largest absolute Gasteiger partial charge is 0.478 e. The average Bonchev–Trinajstić information content (AvgIpc) is 2.17. The first-order valence-corrected chi connectivity index (χ1v) is 5.91. The monoisotopic (exact) mass is 269 g/mol. The zero-order valence-corrected chi connectivity index (χ0v) is 11.4. The molecule has 0 aromatic heterocycles. The van der Waals surface area contributed by atoms with Crippen LogP contribution in [0.1, 0.15) is 13.8 Å². The summed E-state index contributed by atoms with van der Waals surface area (Å²) in [5, 5.41) is 7.89. The zero-order chi connectivity index (χ0) is 14.2. The Balaban J connectivity index is 0. The van der Waals surface area contributed by atoms with Crippen LogP contribution in [-0.4, -0.2) is 51.8 Å². The molecule has 0 aromatic rings. The number of nitrogens with zero attached hydrogens (tertiary/aromatic N) is 1. The number of rotatable bonds is 5. The van der Waals surface area contributed by atoms with Crippen LogP contribution in [0.15, 0.2) is 12.2 Å². The highest BCUT2D eigenvalue weighted by Gasteiger charge is 2.15. The molecule has 0 aliphatic carbocycles. The van der Waals surface area contributed by atoms with Crippen molar-refractivity contribution in [3.8, 4) is 0 Å². The lowest BCUT2D eigenvalue weighted by Gasteiger charge is -2.18. The summed E-state index contributed by atoms with van der Waals surface area (Å²) in [6, 6.07) is 0. The van der Waals surface area contributed by atoms with Crippen molar-refractivity contribution >= 4 is 16.4 Å². The van der Waals surface area contributed by atoms with E-state index in [4.69, 9.17) is 5.11 Å². The Bertz CT molecular complexity index is 336. The van der Waals surface area contributed by atoms with E-state index < -0.39 is 22.6 Å². The summed E-state index contributed by atoms with van der Waals surface area (Å²) in [6.07, 6.45) is -0.514. The second-order valence-corrected chi connectivity index (χ2v) is 4.66. The minimum absolute atomic E-state index is 0.176. The molecule has 0 fully saturated rings. The normalized spacial score (nSPS) is 12.6. The van der Waals surface area contributed by atoms with Crippen molar-refractivity contribution in [1.82, 2.24) is 4.90 Å². The van der Waals surface area contributed by atoms with Gasteiger partial charge in [-0.2, -0.15) is 8.42 Å². The molecule has 0 spiro atoms. The van der Waals surface area contributed by atoms with E-state index in [1.54, 1.807) is 25.9 Å². The van der Waals surface area contributed by atoms with E-state index in [1.165, 1.54) is 6.92 Å². The van der Waals surface area contributed by atoms with Crippen molar-refractivity contribution in [1.29, 1.82) is 0 Å². The van der Waals surface area contributed by atoms with Crippen LogP contribution >= 0.6 is 0 Å². The van der Waals surface area contributed by atoms with E-state index in [9.17, 15) is 13.2 Å². The number of carboxylic acid groups (broad SMARTS) is 1. The summed E-state index contributed by atoms with van der Waals surface area (Å²) in [7, 11) is 0.656. The molecule has 1 N–H and O–H groups in total. The maximum atomic E-state index is 10.6. The Kier molecular flexibility index (Phi) is 8.85. The van der Waals surface area contributed by atoms with Gasteiger partial charge in [0.1, 0.15) is 6.23 Å². The maximum absolute atomic E-state index is 10.6. The van der Waals surface area contributed by atoms with Crippen molar-refractivity contribution in [3.63, 3.8) is 0 Å². The summed E-state index contributed by atoms with van der Waals surface area (Å²) in [4.78, 5) is 11.2. The van der Waals surface area contributed by atoms with Crippen molar-refractivity contribution in [2.24, 2.45) is 0 Å². The van der Waals surface area contributed by atoms with Gasteiger partial charge in [-0.25, -0.2) is 8.98 Å². The molecule has 102 valence electrons. The predicted octanol–water partition coefficient (Wildman–Crippen LogP) is 0.449. The fourth-order valence-corrected chi connectivity index (χ4v) is 0.888. The van der Waals surface area contributed by atoms with Crippen LogP contribution in [0.4, 0.5) is 0 Å². The molecule has 0 bridgehead atoms. The van der Waals surface area contributed by atoms with Crippen LogP contribution in [0.5, 0.6) is 0 Å².